The van der Waals surface area contributed by atoms with Gasteiger partial charge >= 0.3 is 0 Å². The molecule has 0 aliphatic rings. The van der Waals surface area contributed by atoms with Gasteiger partial charge in [0.05, 0.1) is 0 Å². The second kappa shape index (κ2) is 11.4. The summed E-state index contributed by atoms with van der Waals surface area (Å²) in [7, 11) is 0. The molecule has 0 aromatic heterocycles. The van der Waals surface area contributed by atoms with E-state index in [0.29, 0.717) is 0 Å². The molecule has 0 unspecified atom stereocenters. The smallest absolute Gasteiger partial charge is 0.153 e. The highest BCUT2D eigenvalue weighted by Gasteiger charge is 1.57. The zero-order valence-corrected chi connectivity index (χ0v) is 8.02. The predicted molar refractivity (Wildman–Crippen MR) is 61.1 cm³/mol. The van der Waals surface area contributed by atoms with E-state index in [1.54, 1.807) is 6.07 Å². The van der Waals surface area contributed by atoms with Crippen LogP contribution in [0.25, 0.3) is 0 Å². The largest absolute Gasteiger partial charge is 0.183 e. The maximum Gasteiger partial charge on any atom is 0.153 e. The Morgan fingerprint density at radius 1 is 0.500 bits per heavy atom. The molecule has 0 aliphatic heterocycles. The summed E-state index contributed by atoms with van der Waals surface area (Å²) in [6.07, 6.45) is 4.86. The van der Waals surface area contributed by atoms with Gasteiger partial charge in [0.15, 0.2) is 6.07 Å². The maximum absolute atomic E-state index is 8.04. The molecule has 0 aromatic rings. The second-order valence-corrected chi connectivity index (χ2v) is 1.76. The Balaban J connectivity index is 4.26. The van der Waals surface area contributed by atoms with Crippen molar-refractivity contribution in [3.8, 4) is 89.5 Å². The second-order valence-electron chi connectivity index (χ2n) is 1.76. The summed E-state index contributed by atoms with van der Waals surface area (Å²) < 4.78 is 0. The molecule has 1 nitrogen and oxygen atoms in total. The van der Waals surface area contributed by atoms with E-state index in [4.69, 9.17) is 11.7 Å². The third-order valence-electron chi connectivity index (χ3n) is 0.816. The van der Waals surface area contributed by atoms with Crippen molar-refractivity contribution in [2.45, 2.75) is 0 Å². The molecule has 0 saturated heterocycles. The maximum atomic E-state index is 8.04. The van der Waals surface area contributed by atoms with E-state index >= 15 is 0 Å². The fourth-order valence-corrected chi connectivity index (χ4v) is 0.377. The van der Waals surface area contributed by atoms with Crippen molar-refractivity contribution in [1.82, 2.24) is 0 Å². The molecule has 0 saturated carbocycles. The molecule has 0 heterocycles. The summed E-state index contributed by atoms with van der Waals surface area (Å²) in [5.74, 6) is 30.5. The van der Waals surface area contributed by atoms with E-state index < -0.39 is 0 Å². The van der Waals surface area contributed by atoms with Gasteiger partial charge in [-0.05, 0) is 35.5 Å². The van der Waals surface area contributed by atoms with Gasteiger partial charge in [0, 0.05) is 41.4 Å². The normalized spacial score (nSPS) is 3.62. The zero-order valence-electron chi connectivity index (χ0n) is 8.02. The molecule has 66 valence electrons. The van der Waals surface area contributed by atoms with Crippen LogP contribution < -0.4 is 0 Å². The highest BCUT2D eigenvalue weighted by Crippen LogP contribution is 1.56. The van der Waals surface area contributed by atoms with Crippen LogP contribution in [0.4, 0.5) is 0 Å². The van der Waals surface area contributed by atoms with Gasteiger partial charge in [-0.3, -0.25) is 0 Å². The lowest BCUT2D eigenvalue weighted by Gasteiger charge is -1.55. The Morgan fingerprint density at radius 2 is 0.812 bits per heavy atom. The van der Waals surface area contributed by atoms with Crippen molar-refractivity contribution in [3.63, 3.8) is 0 Å². The van der Waals surface area contributed by atoms with Gasteiger partial charge in [-0.15, -0.1) is 6.42 Å². The molecule has 0 bridgehead atoms. The molecule has 0 aromatic carbocycles. The van der Waals surface area contributed by atoms with E-state index in [2.05, 4.69) is 77.0 Å². The molecule has 0 aliphatic carbocycles. The summed E-state index contributed by atoms with van der Waals surface area (Å²) >= 11 is 0. The van der Waals surface area contributed by atoms with E-state index in [0.717, 1.165) is 0 Å². The van der Waals surface area contributed by atoms with Gasteiger partial charge in [0.2, 0.25) is 0 Å². The summed E-state index contributed by atoms with van der Waals surface area (Å²) in [5.41, 5.74) is 0. The van der Waals surface area contributed by atoms with Crippen molar-refractivity contribution in [2.75, 3.05) is 0 Å². The first-order chi connectivity index (χ1) is 7.91. The minimum atomic E-state index is 1.62. The third-order valence-corrected chi connectivity index (χ3v) is 0.816. The van der Waals surface area contributed by atoms with Crippen molar-refractivity contribution < 1.29 is 0 Å². The average molecular weight is 195 g/mol. The number of hydrogen-bond acceptors (Lipinski definition) is 1. The number of hydrogen-bond donors (Lipinski definition) is 0. The highest BCUT2D eigenvalue weighted by molar-refractivity contribution is 5.45. The van der Waals surface area contributed by atoms with E-state index in [9.17, 15) is 0 Å². The van der Waals surface area contributed by atoms with E-state index in [1.165, 1.54) is 0 Å². The molecule has 16 heavy (non-hydrogen) atoms. The lowest BCUT2D eigenvalue weighted by molar-refractivity contribution is 1.55. The predicted octanol–water partition coefficient (Wildman–Crippen LogP) is 0.164. The number of terminal acetylenes is 1. The number of nitrogens with zero attached hydrogens (tertiary/aromatic N) is 1. The Hall–Kier alpha value is -3.59. The van der Waals surface area contributed by atoms with Crippen LogP contribution in [0.3, 0.4) is 0 Å². The Morgan fingerprint density at radius 3 is 1.12 bits per heavy atom. The molecular formula is C15HN. The Kier molecular flexibility index (Phi) is 8.85. The molecule has 0 rings (SSSR count). The van der Waals surface area contributed by atoms with Crippen LogP contribution in [-0.4, -0.2) is 0 Å². The quantitative estimate of drug-likeness (QED) is 0.505. The van der Waals surface area contributed by atoms with Crippen LogP contribution in [0.2, 0.25) is 0 Å². The van der Waals surface area contributed by atoms with E-state index in [-0.39, 0.29) is 0 Å². The topological polar surface area (TPSA) is 23.8 Å². The van der Waals surface area contributed by atoms with Crippen molar-refractivity contribution in [1.29, 1.82) is 5.26 Å². The fourth-order valence-electron chi connectivity index (χ4n) is 0.377. The highest BCUT2D eigenvalue weighted by atomic mass is 14.2. The van der Waals surface area contributed by atoms with Gasteiger partial charge in [0.25, 0.3) is 0 Å². The van der Waals surface area contributed by atoms with Gasteiger partial charge in [-0.1, -0.05) is 0 Å². The molecule has 0 spiro atoms. The van der Waals surface area contributed by atoms with Crippen LogP contribution >= 0.6 is 0 Å². The van der Waals surface area contributed by atoms with Crippen LogP contribution in [-0.2, 0) is 0 Å². The summed E-state index contributed by atoms with van der Waals surface area (Å²) in [4.78, 5) is 0. The van der Waals surface area contributed by atoms with Gasteiger partial charge in [-0.2, -0.15) is 5.26 Å². The lowest BCUT2D eigenvalue weighted by Crippen LogP contribution is -1.55. The molecule has 0 amide bonds. The van der Waals surface area contributed by atoms with Crippen molar-refractivity contribution >= 4 is 0 Å². The van der Waals surface area contributed by atoms with Gasteiger partial charge in [0.1, 0.15) is 0 Å². The fraction of sp³-hybridized carbons (Fsp3) is 0. The minimum Gasteiger partial charge on any atom is -0.183 e. The van der Waals surface area contributed by atoms with Gasteiger partial charge < -0.3 is 0 Å². The average Bonchev–Trinajstić information content (AvgIpc) is 2.31. The summed E-state index contributed by atoms with van der Waals surface area (Å²) in [6, 6.07) is 1.62. The molecule has 0 radical (unpaired) electrons. The third kappa shape index (κ3) is 10.4. The Labute approximate surface area is 95.2 Å². The van der Waals surface area contributed by atoms with Gasteiger partial charge in [-0.25, -0.2) is 0 Å². The molecular weight excluding hydrogens is 194 g/mol. The molecule has 0 atom stereocenters. The van der Waals surface area contributed by atoms with Crippen LogP contribution in [0.5, 0.6) is 0 Å². The first-order valence-corrected chi connectivity index (χ1v) is 3.76. The first-order valence-electron chi connectivity index (χ1n) is 3.76. The molecule has 1 heteroatoms. The van der Waals surface area contributed by atoms with Crippen LogP contribution in [0.15, 0.2) is 0 Å². The first kappa shape index (κ1) is 12.4. The summed E-state index contributed by atoms with van der Waals surface area (Å²) in [5, 5.41) is 8.04. The summed E-state index contributed by atoms with van der Waals surface area (Å²) in [6.45, 7) is 0. The zero-order chi connectivity index (χ0) is 11.9. The SMILES string of the molecule is C#CC#CC#CC#CC#CC#CC#CC#N. The van der Waals surface area contributed by atoms with Crippen molar-refractivity contribution in [2.24, 2.45) is 0 Å². The van der Waals surface area contributed by atoms with E-state index in [1.807, 2.05) is 0 Å². The number of rotatable bonds is 0. The monoisotopic (exact) mass is 195 g/mol. The minimum absolute atomic E-state index is 1.62. The molecule has 0 N–H and O–H groups in total. The Bertz CT molecular complexity index is 633. The lowest BCUT2D eigenvalue weighted by atomic mass is 10.5. The number of nitriles is 1. The van der Waals surface area contributed by atoms with Crippen molar-refractivity contribution in [3.05, 3.63) is 0 Å². The molecule has 0 fully saturated rings. The van der Waals surface area contributed by atoms with Crippen LogP contribution in [0.1, 0.15) is 0 Å². The van der Waals surface area contributed by atoms with Crippen LogP contribution in [0, 0.1) is 94.7 Å². The standard InChI is InChI=1S/C15HN/c1-2-3-4-5-6-7-8-9-10-11-12-13-14-15-16/h1H.